The van der Waals surface area contributed by atoms with Crippen molar-refractivity contribution < 1.29 is 18.7 Å². The fourth-order valence-electron chi connectivity index (χ4n) is 3.13. The molecule has 2 fully saturated rings. The molecule has 0 aliphatic carbocycles. The molecule has 2 aromatic rings. The zero-order valence-corrected chi connectivity index (χ0v) is 13.2. The van der Waals surface area contributed by atoms with E-state index < -0.39 is 5.79 Å². The van der Waals surface area contributed by atoms with Crippen molar-refractivity contribution in [3.05, 3.63) is 36.2 Å². The lowest BCUT2D eigenvalue weighted by atomic mass is 10.0. The van der Waals surface area contributed by atoms with Crippen LogP contribution < -0.4 is 5.73 Å². The summed E-state index contributed by atoms with van der Waals surface area (Å²) in [5.74, 6) is -0.210. The number of carbonyl (C=O) groups excluding carboxylic acids is 1. The number of piperidine rings is 1. The quantitative estimate of drug-likeness (QED) is 0.846. The van der Waals surface area contributed by atoms with Crippen LogP contribution in [0.1, 0.15) is 23.3 Å². The molecule has 7 nitrogen and oxygen atoms in total. The Morgan fingerprint density at radius 1 is 1.12 bits per heavy atom. The lowest BCUT2D eigenvalue weighted by Gasteiger charge is -2.37. The molecular formula is C17H19N3O4. The third-order valence-corrected chi connectivity index (χ3v) is 4.51. The van der Waals surface area contributed by atoms with Crippen LogP contribution >= 0.6 is 0 Å². The summed E-state index contributed by atoms with van der Waals surface area (Å²) < 4.78 is 16.8. The maximum Gasteiger partial charge on any atom is 0.275 e. The van der Waals surface area contributed by atoms with Crippen LogP contribution in [0.4, 0.5) is 5.69 Å². The first-order valence-electron chi connectivity index (χ1n) is 8.04. The highest BCUT2D eigenvalue weighted by molar-refractivity contribution is 5.92. The number of ether oxygens (including phenoxy) is 2. The van der Waals surface area contributed by atoms with Gasteiger partial charge in [0.1, 0.15) is 6.26 Å². The number of nitrogen functional groups attached to an aromatic ring is 1. The Labute approximate surface area is 139 Å². The Morgan fingerprint density at radius 3 is 2.46 bits per heavy atom. The highest BCUT2D eigenvalue weighted by Gasteiger charge is 2.41. The van der Waals surface area contributed by atoms with Crippen molar-refractivity contribution in [2.45, 2.75) is 18.6 Å². The molecule has 0 radical (unpaired) electrons. The van der Waals surface area contributed by atoms with Crippen LogP contribution in [-0.4, -0.2) is 47.9 Å². The average Bonchev–Trinajstić information content (AvgIpc) is 3.26. The molecule has 2 aliphatic rings. The van der Waals surface area contributed by atoms with Crippen molar-refractivity contribution >= 4 is 11.6 Å². The molecule has 2 N–H and O–H groups in total. The van der Waals surface area contributed by atoms with E-state index in [2.05, 4.69) is 4.98 Å². The van der Waals surface area contributed by atoms with E-state index >= 15 is 0 Å². The van der Waals surface area contributed by atoms with Crippen LogP contribution in [0.25, 0.3) is 11.5 Å². The number of rotatable bonds is 2. The van der Waals surface area contributed by atoms with E-state index in [-0.39, 0.29) is 5.91 Å². The van der Waals surface area contributed by atoms with Gasteiger partial charge in [-0.15, -0.1) is 0 Å². The van der Waals surface area contributed by atoms with Gasteiger partial charge in [-0.1, -0.05) is 0 Å². The van der Waals surface area contributed by atoms with Gasteiger partial charge >= 0.3 is 0 Å². The van der Waals surface area contributed by atoms with Gasteiger partial charge in [-0.2, -0.15) is 0 Å². The molecule has 1 amide bonds. The Bertz CT molecular complexity index is 725. The van der Waals surface area contributed by atoms with E-state index in [1.54, 1.807) is 17.0 Å². The molecular weight excluding hydrogens is 310 g/mol. The lowest BCUT2D eigenvalue weighted by Crippen LogP contribution is -2.47. The fourth-order valence-corrected chi connectivity index (χ4v) is 3.13. The fraction of sp³-hybridized carbons (Fsp3) is 0.412. The summed E-state index contributed by atoms with van der Waals surface area (Å²) in [7, 11) is 0. The van der Waals surface area contributed by atoms with Crippen LogP contribution in [0, 0.1) is 0 Å². The maximum absolute atomic E-state index is 12.6. The highest BCUT2D eigenvalue weighted by atomic mass is 16.7. The predicted molar refractivity (Wildman–Crippen MR) is 86.1 cm³/mol. The number of nitrogens with zero attached hydrogens (tertiary/aromatic N) is 2. The van der Waals surface area contributed by atoms with E-state index in [1.807, 2.05) is 12.1 Å². The minimum Gasteiger partial charge on any atom is -0.444 e. The molecule has 24 heavy (non-hydrogen) atoms. The summed E-state index contributed by atoms with van der Waals surface area (Å²) >= 11 is 0. The van der Waals surface area contributed by atoms with Crippen LogP contribution in [-0.2, 0) is 9.47 Å². The first-order valence-corrected chi connectivity index (χ1v) is 8.04. The van der Waals surface area contributed by atoms with Crippen molar-refractivity contribution in [3.8, 4) is 11.5 Å². The van der Waals surface area contributed by atoms with Gasteiger partial charge in [0.05, 0.1) is 13.2 Å². The van der Waals surface area contributed by atoms with Crippen LogP contribution in [0.3, 0.4) is 0 Å². The molecule has 126 valence electrons. The number of hydrogen-bond acceptors (Lipinski definition) is 6. The van der Waals surface area contributed by atoms with Crippen molar-refractivity contribution in [1.29, 1.82) is 0 Å². The lowest BCUT2D eigenvalue weighted by molar-refractivity contribution is -0.181. The number of nitrogens with two attached hydrogens (primary N) is 1. The van der Waals surface area contributed by atoms with Gasteiger partial charge in [0.15, 0.2) is 11.5 Å². The van der Waals surface area contributed by atoms with Gasteiger partial charge in [-0.05, 0) is 24.3 Å². The number of anilines is 1. The van der Waals surface area contributed by atoms with Crippen molar-refractivity contribution in [1.82, 2.24) is 9.88 Å². The number of oxazole rings is 1. The molecule has 1 aromatic carbocycles. The first kappa shape index (κ1) is 15.2. The normalized spacial score (nSPS) is 19.8. The maximum atomic E-state index is 12.6. The van der Waals surface area contributed by atoms with Gasteiger partial charge in [0.25, 0.3) is 5.91 Å². The van der Waals surface area contributed by atoms with Gasteiger partial charge in [0.2, 0.25) is 5.89 Å². The van der Waals surface area contributed by atoms with Gasteiger partial charge in [-0.25, -0.2) is 4.98 Å². The minimum absolute atomic E-state index is 0.131. The predicted octanol–water partition coefficient (Wildman–Crippen LogP) is 1.90. The highest BCUT2D eigenvalue weighted by Crippen LogP contribution is 2.31. The summed E-state index contributed by atoms with van der Waals surface area (Å²) in [6, 6.07) is 7.17. The van der Waals surface area contributed by atoms with E-state index in [0.29, 0.717) is 56.4 Å². The molecule has 4 rings (SSSR count). The number of amides is 1. The monoisotopic (exact) mass is 329 g/mol. The Kier molecular flexibility index (Phi) is 3.74. The van der Waals surface area contributed by atoms with Crippen molar-refractivity contribution in [2.24, 2.45) is 0 Å². The number of aromatic nitrogens is 1. The molecule has 3 heterocycles. The molecule has 7 heteroatoms. The van der Waals surface area contributed by atoms with Gasteiger partial charge in [-0.3, -0.25) is 4.79 Å². The van der Waals surface area contributed by atoms with E-state index in [4.69, 9.17) is 19.6 Å². The smallest absolute Gasteiger partial charge is 0.275 e. The van der Waals surface area contributed by atoms with E-state index in [1.165, 1.54) is 6.26 Å². The summed E-state index contributed by atoms with van der Waals surface area (Å²) in [6.07, 6.45) is 2.77. The molecule has 2 aliphatic heterocycles. The molecule has 0 atom stereocenters. The summed E-state index contributed by atoms with van der Waals surface area (Å²) in [5, 5.41) is 0. The van der Waals surface area contributed by atoms with Crippen LogP contribution in [0.5, 0.6) is 0 Å². The van der Waals surface area contributed by atoms with Crippen LogP contribution in [0.2, 0.25) is 0 Å². The number of benzene rings is 1. The molecule has 0 saturated carbocycles. The zero-order valence-electron chi connectivity index (χ0n) is 13.2. The molecule has 1 spiro atoms. The topological polar surface area (TPSA) is 90.8 Å². The van der Waals surface area contributed by atoms with E-state index in [9.17, 15) is 4.79 Å². The SMILES string of the molecule is Nc1ccc(-c2nc(C(=O)N3CCC4(CC3)OCCO4)co2)cc1. The van der Waals surface area contributed by atoms with Gasteiger partial charge in [0, 0.05) is 37.2 Å². The van der Waals surface area contributed by atoms with Gasteiger partial charge < -0.3 is 24.5 Å². The largest absolute Gasteiger partial charge is 0.444 e. The third-order valence-electron chi connectivity index (χ3n) is 4.51. The second-order valence-electron chi connectivity index (χ2n) is 6.06. The van der Waals surface area contributed by atoms with E-state index in [0.717, 1.165) is 5.56 Å². The Balaban J connectivity index is 1.45. The van der Waals surface area contributed by atoms with Crippen molar-refractivity contribution in [2.75, 3.05) is 32.0 Å². The number of hydrogen-bond donors (Lipinski definition) is 1. The van der Waals surface area contributed by atoms with Crippen LogP contribution in [0.15, 0.2) is 34.9 Å². The summed E-state index contributed by atoms with van der Waals surface area (Å²) in [6.45, 7) is 2.43. The second kappa shape index (κ2) is 5.92. The molecule has 0 bridgehead atoms. The Hall–Kier alpha value is -2.38. The third kappa shape index (κ3) is 2.76. The molecule has 2 saturated heterocycles. The number of likely N-dealkylation sites (tertiary alicyclic amines) is 1. The summed E-state index contributed by atoms with van der Waals surface area (Å²) in [5.41, 5.74) is 7.44. The minimum atomic E-state index is -0.490. The standard InChI is InChI=1S/C17H19N3O4/c18-13-3-1-12(2-4-13)15-19-14(11-22-15)16(21)20-7-5-17(6-8-20)23-9-10-24-17/h1-4,11H,5-10,18H2. The summed E-state index contributed by atoms with van der Waals surface area (Å²) in [4.78, 5) is 18.7. The second-order valence-corrected chi connectivity index (χ2v) is 6.06. The molecule has 1 aromatic heterocycles. The average molecular weight is 329 g/mol. The zero-order chi connectivity index (χ0) is 16.6. The number of carbonyl (C=O) groups is 1. The van der Waals surface area contributed by atoms with Crippen molar-refractivity contribution in [3.63, 3.8) is 0 Å². The first-order chi connectivity index (χ1) is 11.7. The Morgan fingerprint density at radius 2 is 1.79 bits per heavy atom. The molecule has 0 unspecified atom stereocenters.